The summed E-state index contributed by atoms with van der Waals surface area (Å²) < 4.78 is 25.7. The molecule has 2 rings (SSSR count). The van der Waals surface area contributed by atoms with Gasteiger partial charge in [-0.1, -0.05) is 6.07 Å². The van der Waals surface area contributed by atoms with Gasteiger partial charge in [0.15, 0.2) is 11.6 Å². The number of rotatable bonds is 2. The van der Waals surface area contributed by atoms with E-state index in [1.54, 1.807) is 0 Å². The maximum atomic E-state index is 13.0. The summed E-state index contributed by atoms with van der Waals surface area (Å²) in [5.41, 5.74) is 0.466. The van der Waals surface area contributed by atoms with E-state index in [1.165, 1.54) is 6.07 Å². The Kier molecular flexibility index (Phi) is 2.86. The molecule has 0 saturated carbocycles. The smallest absolute Gasteiger partial charge is 0.200 e. The molecular weight excluding hydrogens is 200 g/mol. The monoisotopic (exact) mass is 213 g/mol. The van der Waals surface area contributed by atoms with Crippen LogP contribution in [0.1, 0.15) is 18.4 Å². The van der Waals surface area contributed by atoms with Gasteiger partial charge < -0.3 is 10.4 Å². The average Bonchev–Trinajstić information content (AvgIpc) is 2.72. The van der Waals surface area contributed by atoms with Gasteiger partial charge in [-0.2, -0.15) is 4.39 Å². The van der Waals surface area contributed by atoms with Crippen molar-refractivity contribution < 1.29 is 13.9 Å². The lowest BCUT2D eigenvalue weighted by Gasteiger charge is -2.11. The van der Waals surface area contributed by atoms with Gasteiger partial charge in [-0.05, 0) is 37.4 Å². The van der Waals surface area contributed by atoms with Crippen molar-refractivity contribution in [3.8, 4) is 5.75 Å². The molecule has 0 aliphatic carbocycles. The van der Waals surface area contributed by atoms with Crippen LogP contribution in [0.3, 0.4) is 0 Å². The number of phenols is 1. The van der Waals surface area contributed by atoms with Gasteiger partial charge in [0, 0.05) is 6.04 Å². The fraction of sp³-hybridized carbons (Fsp3) is 0.455. The number of aromatic hydroxyl groups is 1. The van der Waals surface area contributed by atoms with Crippen LogP contribution in [0.2, 0.25) is 0 Å². The molecule has 1 unspecified atom stereocenters. The second kappa shape index (κ2) is 4.14. The maximum absolute atomic E-state index is 13.0. The molecule has 1 fully saturated rings. The predicted octanol–water partition coefficient (Wildman–Crippen LogP) is 1.96. The van der Waals surface area contributed by atoms with Gasteiger partial charge in [0.2, 0.25) is 5.82 Å². The molecule has 0 radical (unpaired) electrons. The minimum Gasteiger partial charge on any atom is -0.505 e. The highest BCUT2D eigenvalue weighted by Gasteiger charge is 2.18. The minimum atomic E-state index is -1.15. The van der Waals surface area contributed by atoms with E-state index in [0.29, 0.717) is 12.0 Å². The molecule has 1 saturated heterocycles. The van der Waals surface area contributed by atoms with E-state index >= 15 is 0 Å². The van der Waals surface area contributed by atoms with Crippen LogP contribution in [-0.4, -0.2) is 17.7 Å². The summed E-state index contributed by atoms with van der Waals surface area (Å²) in [5.74, 6) is -2.70. The van der Waals surface area contributed by atoms with Crippen molar-refractivity contribution >= 4 is 0 Å². The van der Waals surface area contributed by atoms with E-state index in [1.807, 2.05) is 0 Å². The van der Waals surface area contributed by atoms with Crippen LogP contribution in [-0.2, 0) is 6.42 Å². The fourth-order valence-corrected chi connectivity index (χ4v) is 1.94. The van der Waals surface area contributed by atoms with Gasteiger partial charge >= 0.3 is 0 Å². The Bertz CT molecular complexity index is 362. The number of nitrogens with one attached hydrogen (secondary N) is 1. The third-order valence-electron chi connectivity index (χ3n) is 2.78. The molecule has 1 aromatic rings. The molecule has 2 N–H and O–H groups in total. The van der Waals surface area contributed by atoms with Crippen LogP contribution in [0, 0.1) is 11.6 Å². The van der Waals surface area contributed by atoms with Crippen molar-refractivity contribution in [1.29, 1.82) is 0 Å². The van der Waals surface area contributed by atoms with Crippen molar-refractivity contribution in [2.24, 2.45) is 0 Å². The third-order valence-corrected chi connectivity index (χ3v) is 2.78. The van der Waals surface area contributed by atoms with E-state index in [9.17, 15) is 13.9 Å². The van der Waals surface area contributed by atoms with E-state index in [4.69, 9.17) is 0 Å². The lowest BCUT2D eigenvalue weighted by molar-refractivity contribution is 0.398. The molecule has 1 atom stereocenters. The van der Waals surface area contributed by atoms with Crippen molar-refractivity contribution in [2.45, 2.75) is 25.3 Å². The summed E-state index contributed by atoms with van der Waals surface area (Å²) in [6.07, 6.45) is 2.65. The van der Waals surface area contributed by atoms with E-state index in [0.717, 1.165) is 25.5 Å². The first kappa shape index (κ1) is 10.4. The molecular formula is C11H13F2NO. The van der Waals surface area contributed by atoms with E-state index < -0.39 is 17.4 Å². The minimum absolute atomic E-state index is 0.265. The zero-order chi connectivity index (χ0) is 10.8. The zero-order valence-corrected chi connectivity index (χ0v) is 8.26. The van der Waals surface area contributed by atoms with Gasteiger partial charge in [-0.25, -0.2) is 4.39 Å². The van der Waals surface area contributed by atoms with Crippen LogP contribution in [0.25, 0.3) is 0 Å². The zero-order valence-electron chi connectivity index (χ0n) is 8.26. The molecule has 4 heteroatoms. The van der Waals surface area contributed by atoms with Gasteiger partial charge in [0.05, 0.1) is 0 Å². The largest absolute Gasteiger partial charge is 0.505 e. The van der Waals surface area contributed by atoms with Gasteiger partial charge in [-0.3, -0.25) is 0 Å². The Labute approximate surface area is 86.9 Å². The molecule has 0 amide bonds. The number of hydrogen-bond donors (Lipinski definition) is 2. The number of benzene rings is 1. The molecule has 1 aromatic carbocycles. The first-order chi connectivity index (χ1) is 7.18. The average molecular weight is 213 g/mol. The quantitative estimate of drug-likeness (QED) is 0.787. The molecule has 1 aliphatic rings. The molecule has 15 heavy (non-hydrogen) atoms. The summed E-state index contributed by atoms with van der Waals surface area (Å²) in [6, 6.07) is 2.76. The summed E-state index contributed by atoms with van der Waals surface area (Å²) >= 11 is 0. The summed E-state index contributed by atoms with van der Waals surface area (Å²) in [7, 11) is 0. The van der Waals surface area contributed by atoms with Crippen LogP contribution in [0.4, 0.5) is 8.78 Å². The molecule has 2 nitrogen and oxygen atoms in total. The second-order valence-corrected chi connectivity index (χ2v) is 3.87. The number of halogens is 2. The Hall–Kier alpha value is -1.16. The highest BCUT2D eigenvalue weighted by Crippen LogP contribution is 2.25. The Morgan fingerprint density at radius 3 is 2.87 bits per heavy atom. The molecule has 82 valence electrons. The van der Waals surface area contributed by atoms with Gasteiger partial charge in [-0.15, -0.1) is 0 Å². The van der Waals surface area contributed by atoms with Crippen molar-refractivity contribution in [1.82, 2.24) is 5.32 Å². The summed E-state index contributed by atoms with van der Waals surface area (Å²) in [4.78, 5) is 0. The van der Waals surface area contributed by atoms with Gasteiger partial charge in [0.25, 0.3) is 0 Å². The first-order valence-corrected chi connectivity index (χ1v) is 5.07. The topological polar surface area (TPSA) is 32.3 Å². The highest BCUT2D eigenvalue weighted by molar-refractivity contribution is 5.35. The molecule has 0 spiro atoms. The first-order valence-electron chi connectivity index (χ1n) is 5.07. The summed E-state index contributed by atoms with van der Waals surface area (Å²) in [5, 5.41) is 12.6. The van der Waals surface area contributed by atoms with E-state index in [2.05, 4.69) is 5.32 Å². The highest BCUT2D eigenvalue weighted by atomic mass is 19.2. The predicted molar refractivity (Wildman–Crippen MR) is 52.8 cm³/mol. The lowest BCUT2D eigenvalue weighted by Crippen LogP contribution is -2.23. The SMILES string of the molecule is Oc1c(CC2CCCN2)ccc(F)c1F. The van der Waals surface area contributed by atoms with E-state index in [-0.39, 0.29) is 6.04 Å². The van der Waals surface area contributed by atoms with Crippen molar-refractivity contribution in [3.05, 3.63) is 29.3 Å². The third kappa shape index (κ3) is 2.09. The van der Waals surface area contributed by atoms with Crippen LogP contribution < -0.4 is 5.32 Å². The van der Waals surface area contributed by atoms with Crippen molar-refractivity contribution in [2.75, 3.05) is 6.54 Å². The maximum Gasteiger partial charge on any atom is 0.200 e. The normalized spacial score (nSPS) is 20.8. The van der Waals surface area contributed by atoms with Crippen molar-refractivity contribution in [3.63, 3.8) is 0 Å². The number of hydrogen-bond acceptors (Lipinski definition) is 2. The lowest BCUT2D eigenvalue weighted by atomic mass is 10.0. The molecule has 0 aromatic heterocycles. The summed E-state index contributed by atoms with van der Waals surface area (Å²) in [6.45, 7) is 0.953. The standard InChI is InChI=1S/C11H13F2NO/c12-9-4-3-7(11(15)10(9)13)6-8-2-1-5-14-8/h3-4,8,14-15H,1-2,5-6H2. The van der Waals surface area contributed by atoms with Crippen LogP contribution in [0.15, 0.2) is 12.1 Å². The fourth-order valence-electron chi connectivity index (χ4n) is 1.94. The molecule has 0 bridgehead atoms. The van der Waals surface area contributed by atoms with Crippen LogP contribution >= 0.6 is 0 Å². The van der Waals surface area contributed by atoms with Crippen LogP contribution in [0.5, 0.6) is 5.75 Å². The Balaban J connectivity index is 2.17. The molecule has 1 heterocycles. The Morgan fingerprint density at radius 2 is 2.20 bits per heavy atom. The molecule has 1 aliphatic heterocycles. The number of phenolic OH excluding ortho intramolecular Hbond substituents is 1. The second-order valence-electron chi connectivity index (χ2n) is 3.87. The van der Waals surface area contributed by atoms with Gasteiger partial charge in [0.1, 0.15) is 0 Å². The Morgan fingerprint density at radius 1 is 1.40 bits per heavy atom.